The molecular formula is C31H31ClLiNO5S. The van der Waals surface area contributed by atoms with Crippen LogP contribution in [0.4, 0.5) is 0 Å². The second kappa shape index (κ2) is 15.2. The molecule has 40 heavy (non-hydrogen) atoms. The molecule has 4 rings (SSSR count). The number of thioether (sulfide) groups is 1. The van der Waals surface area contributed by atoms with Crippen molar-refractivity contribution in [3.8, 4) is 22.3 Å². The molecule has 1 atom stereocenters. The summed E-state index contributed by atoms with van der Waals surface area (Å²) in [6, 6.07) is 21.8. The van der Waals surface area contributed by atoms with Gasteiger partial charge in [0.05, 0.1) is 12.9 Å². The van der Waals surface area contributed by atoms with E-state index in [0.717, 1.165) is 33.4 Å². The second-order valence-electron chi connectivity index (χ2n) is 9.14. The third-order valence-corrected chi connectivity index (χ3v) is 7.22. The number of nitrogens with one attached hydrogen (secondary N) is 1. The molecule has 1 aromatic heterocycles. The van der Waals surface area contributed by atoms with E-state index in [9.17, 15) is 14.7 Å². The number of aliphatic carboxylic acids is 1. The van der Waals surface area contributed by atoms with Crippen LogP contribution in [0.1, 0.15) is 35.1 Å². The van der Waals surface area contributed by atoms with Crippen molar-refractivity contribution in [3.63, 3.8) is 0 Å². The fourth-order valence-electron chi connectivity index (χ4n) is 4.23. The molecule has 0 radical (unpaired) electrons. The van der Waals surface area contributed by atoms with Gasteiger partial charge in [0.25, 0.3) is 5.91 Å². The molecular weight excluding hydrogens is 541 g/mol. The van der Waals surface area contributed by atoms with Crippen LogP contribution in [0.25, 0.3) is 22.3 Å². The fraction of sp³-hybridized carbons (Fsp3) is 0.226. The van der Waals surface area contributed by atoms with Crippen LogP contribution < -0.4 is 24.2 Å². The summed E-state index contributed by atoms with van der Waals surface area (Å²) in [6.07, 6.45) is 3.94. The summed E-state index contributed by atoms with van der Waals surface area (Å²) in [6.45, 7) is 2.57. The number of carboxylic acids is 1. The zero-order valence-corrected chi connectivity index (χ0v) is 24.4. The zero-order chi connectivity index (χ0) is 27.8. The number of benzene rings is 3. The van der Waals surface area contributed by atoms with Crippen molar-refractivity contribution >= 4 is 35.2 Å². The third kappa shape index (κ3) is 8.29. The predicted molar refractivity (Wildman–Crippen MR) is 157 cm³/mol. The van der Waals surface area contributed by atoms with Crippen molar-refractivity contribution in [2.45, 2.75) is 32.6 Å². The summed E-state index contributed by atoms with van der Waals surface area (Å²) in [5, 5.41) is 13.0. The molecule has 4 aromatic rings. The average molecular weight is 572 g/mol. The van der Waals surface area contributed by atoms with Gasteiger partial charge >= 0.3 is 24.8 Å². The van der Waals surface area contributed by atoms with Gasteiger partial charge in [0, 0.05) is 16.1 Å². The molecule has 6 nitrogen and oxygen atoms in total. The van der Waals surface area contributed by atoms with Gasteiger partial charge in [-0.1, -0.05) is 54.1 Å². The Morgan fingerprint density at radius 1 is 1.02 bits per heavy atom. The van der Waals surface area contributed by atoms with Gasteiger partial charge in [0.1, 0.15) is 18.4 Å². The number of furan rings is 1. The van der Waals surface area contributed by atoms with E-state index in [1.165, 1.54) is 0 Å². The number of carbonyl (C=O) groups excluding carboxylic acids is 1. The van der Waals surface area contributed by atoms with Crippen molar-refractivity contribution in [2.75, 3.05) is 12.0 Å². The maximum Gasteiger partial charge on any atom is 1.00 e. The minimum atomic E-state index is -1.04. The zero-order valence-electron chi connectivity index (χ0n) is 23.8. The average Bonchev–Trinajstić information content (AvgIpc) is 3.40. The van der Waals surface area contributed by atoms with Crippen LogP contribution in [0.5, 0.6) is 0 Å². The Morgan fingerprint density at radius 2 is 1.77 bits per heavy atom. The van der Waals surface area contributed by atoms with E-state index < -0.39 is 17.9 Å². The number of halogens is 1. The van der Waals surface area contributed by atoms with Crippen LogP contribution in [0, 0.1) is 6.92 Å². The van der Waals surface area contributed by atoms with E-state index in [1.807, 2.05) is 79.9 Å². The van der Waals surface area contributed by atoms with E-state index in [0.29, 0.717) is 35.1 Å². The van der Waals surface area contributed by atoms with Crippen molar-refractivity contribution in [1.29, 1.82) is 0 Å². The monoisotopic (exact) mass is 571 g/mol. The van der Waals surface area contributed by atoms with Gasteiger partial charge < -0.3 is 21.0 Å². The molecule has 0 bridgehead atoms. The molecule has 0 spiro atoms. The Hall–Kier alpha value is -2.92. The number of hydrogen-bond donors (Lipinski definition) is 2. The summed E-state index contributed by atoms with van der Waals surface area (Å²) in [7, 11) is 0. The molecule has 0 aliphatic carbocycles. The van der Waals surface area contributed by atoms with E-state index in [-0.39, 0.29) is 26.9 Å². The first-order valence-electron chi connectivity index (χ1n) is 12.5. The second-order valence-corrected chi connectivity index (χ2v) is 10.6. The molecule has 0 aliphatic rings. The maximum atomic E-state index is 13.2. The molecule has 1 heterocycles. The summed E-state index contributed by atoms with van der Waals surface area (Å²) < 4.78 is 11.6. The number of hydrogen-bond acceptors (Lipinski definition) is 5. The predicted octanol–water partition coefficient (Wildman–Crippen LogP) is 4.34. The first-order valence-corrected chi connectivity index (χ1v) is 14.3. The Balaban J connectivity index is 0.00000294. The van der Waals surface area contributed by atoms with Gasteiger partial charge in [-0.25, -0.2) is 4.79 Å². The SMILES string of the molecule is CSCCC(NC(=O)c1ccc(COCc2cc(-c3ccc(Cl)cc3)co2)cc1-c1ccccc1C)C(=O)O.[H-].[Li+]. The number of ether oxygens (including phenoxy) is 1. The van der Waals surface area contributed by atoms with Crippen LogP contribution in [-0.2, 0) is 22.7 Å². The van der Waals surface area contributed by atoms with Crippen molar-refractivity contribution in [2.24, 2.45) is 0 Å². The minimum absolute atomic E-state index is 0. The molecule has 0 saturated heterocycles. The molecule has 2 N–H and O–H groups in total. The van der Waals surface area contributed by atoms with Crippen LogP contribution in [-0.4, -0.2) is 35.0 Å². The number of rotatable bonds is 12. The van der Waals surface area contributed by atoms with Crippen molar-refractivity contribution in [3.05, 3.63) is 107 Å². The van der Waals surface area contributed by atoms with E-state index >= 15 is 0 Å². The molecule has 9 heteroatoms. The van der Waals surface area contributed by atoms with Crippen molar-refractivity contribution in [1.82, 2.24) is 5.32 Å². The number of carbonyl (C=O) groups is 2. The standard InChI is InChI=1S/C31H30ClNO5S.Li.H/c1-20-5-3-4-6-26(20)28-15-21(7-12-27(28)30(34)33-29(31(35)36)13-14-39-2)17-37-19-25-16-23(18-38-25)22-8-10-24(32)11-9-22;;/h3-12,15-16,18,29H,13-14,17,19H2,1-2H3,(H,33,34)(H,35,36);;/q;+1;-1. The Morgan fingerprint density at radius 3 is 2.48 bits per heavy atom. The van der Waals surface area contributed by atoms with Crippen LogP contribution in [0.15, 0.2) is 83.5 Å². The normalized spacial score (nSPS) is 11.5. The van der Waals surface area contributed by atoms with E-state index in [4.69, 9.17) is 20.8 Å². The summed E-state index contributed by atoms with van der Waals surface area (Å²) >= 11 is 7.52. The Bertz CT molecular complexity index is 1450. The molecule has 1 amide bonds. The van der Waals surface area contributed by atoms with E-state index in [1.54, 1.807) is 24.1 Å². The first kappa shape index (κ1) is 31.6. The minimum Gasteiger partial charge on any atom is -1.00 e. The molecule has 0 fully saturated rings. The van der Waals surface area contributed by atoms with Gasteiger partial charge in [0.15, 0.2) is 0 Å². The van der Waals surface area contributed by atoms with Gasteiger partial charge in [-0.2, -0.15) is 11.8 Å². The number of amides is 1. The van der Waals surface area contributed by atoms with Crippen LogP contribution in [0.2, 0.25) is 5.02 Å². The number of aryl methyl sites for hydroxylation is 1. The Labute approximate surface area is 257 Å². The quantitative estimate of drug-likeness (QED) is 0.246. The number of carboxylic acid groups (broad SMARTS) is 1. The smallest absolute Gasteiger partial charge is 1.00 e. The van der Waals surface area contributed by atoms with E-state index in [2.05, 4.69) is 5.32 Å². The molecule has 0 aliphatic heterocycles. The molecule has 1 unspecified atom stereocenters. The topological polar surface area (TPSA) is 88.8 Å². The summed E-state index contributed by atoms with van der Waals surface area (Å²) in [4.78, 5) is 25.0. The fourth-order valence-corrected chi connectivity index (χ4v) is 4.82. The summed E-state index contributed by atoms with van der Waals surface area (Å²) in [5.41, 5.74) is 5.88. The first-order chi connectivity index (χ1) is 18.9. The summed E-state index contributed by atoms with van der Waals surface area (Å²) in [5.74, 6) is -0.133. The maximum absolute atomic E-state index is 13.2. The van der Waals surface area contributed by atoms with Crippen LogP contribution in [0.3, 0.4) is 0 Å². The van der Waals surface area contributed by atoms with Gasteiger partial charge in [-0.3, -0.25) is 4.79 Å². The van der Waals surface area contributed by atoms with Crippen molar-refractivity contribution < 1.29 is 44.1 Å². The van der Waals surface area contributed by atoms with Gasteiger partial charge in [0.2, 0.25) is 0 Å². The van der Waals surface area contributed by atoms with Gasteiger partial charge in [-0.05, 0) is 83.5 Å². The van der Waals surface area contributed by atoms with Gasteiger partial charge in [-0.15, -0.1) is 0 Å². The van der Waals surface area contributed by atoms with Crippen LogP contribution >= 0.6 is 23.4 Å². The third-order valence-electron chi connectivity index (χ3n) is 6.32. The Kier molecular flexibility index (Phi) is 12.0. The molecule has 204 valence electrons. The molecule has 0 saturated carbocycles. The molecule has 3 aromatic carbocycles. The largest absolute Gasteiger partial charge is 1.00 e.